The number of nitrogens with one attached hydrogen (secondary N) is 1. The van der Waals surface area contributed by atoms with Crippen LogP contribution in [0.4, 0.5) is 0 Å². The van der Waals surface area contributed by atoms with Crippen LogP contribution in [-0.4, -0.2) is 30.6 Å². The predicted octanol–water partition coefficient (Wildman–Crippen LogP) is 3.27. The van der Waals surface area contributed by atoms with E-state index in [0.717, 1.165) is 25.4 Å². The van der Waals surface area contributed by atoms with E-state index in [-0.39, 0.29) is 0 Å². The highest BCUT2D eigenvalue weighted by molar-refractivity contribution is 4.97. The average molecular weight is 252 g/mol. The zero-order chi connectivity index (χ0) is 13.2. The Morgan fingerprint density at radius 2 is 2.17 bits per heavy atom. The van der Waals surface area contributed by atoms with Crippen molar-refractivity contribution in [1.82, 2.24) is 10.2 Å². The molecule has 3 nitrogen and oxygen atoms in total. The fourth-order valence-corrected chi connectivity index (χ4v) is 2.02. The highest BCUT2D eigenvalue weighted by atomic mass is 16.3. The van der Waals surface area contributed by atoms with E-state index in [2.05, 4.69) is 31.0 Å². The minimum absolute atomic E-state index is 0.682. The SMILES string of the molecule is CCCCN(CCNCc1ccco1)C(C)CC. The lowest BCUT2D eigenvalue weighted by Crippen LogP contribution is -2.38. The van der Waals surface area contributed by atoms with Gasteiger partial charge in [0.15, 0.2) is 0 Å². The van der Waals surface area contributed by atoms with Crippen molar-refractivity contribution < 1.29 is 4.42 Å². The molecule has 1 atom stereocenters. The van der Waals surface area contributed by atoms with Crippen LogP contribution in [0.25, 0.3) is 0 Å². The molecule has 0 aliphatic carbocycles. The molecule has 0 aromatic carbocycles. The van der Waals surface area contributed by atoms with Gasteiger partial charge < -0.3 is 9.73 Å². The third kappa shape index (κ3) is 5.69. The van der Waals surface area contributed by atoms with Crippen molar-refractivity contribution >= 4 is 0 Å². The molecule has 1 heterocycles. The first-order valence-corrected chi connectivity index (χ1v) is 7.25. The fourth-order valence-electron chi connectivity index (χ4n) is 2.02. The summed E-state index contributed by atoms with van der Waals surface area (Å²) in [7, 11) is 0. The van der Waals surface area contributed by atoms with Crippen LogP contribution in [0.15, 0.2) is 22.8 Å². The van der Waals surface area contributed by atoms with Gasteiger partial charge in [0.25, 0.3) is 0 Å². The van der Waals surface area contributed by atoms with Crippen molar-refractivity contribution in [3.63, 3.8) is 0 Å². The summed E-state index contributed by atoms with van der Waals surface area (Å²) >= 11 is 0. The summed E-state index contributed by atoms with van der Waals surface area (Å²) in [6, 6.07) is 4.63. The Morgan fingerprint density at radius 3 is 2.78 bits per heavy atom. The van der Waals surface area contributed by atoms with Crippen molar-refractivity contribution in [3.8, 4) is 0 Å². The van der Waals surface area contributed by atoms with Crippen LogP contribution in [-0.2, 0) is 6.54 Å². The Hall–Kier alpha value is -0.800. The monoisotopic (exact) mass is 252 g/mol. The van der Waals surface area contributed by atoms with Crippen LogP contribution in [0.2, 0.25) is 0 Å². The molecule has 0 fully saturated rings. The van der Waals surface area contributed by atoms with Gasteiger partial charge in [0.05, 0.1) is 12.8 Å². The molecular formula is C15H28N2O. The summed E-state index contributed by atoms with van der Waals surface area (Å²) in [6.07, 6.45) is 5.51. The standard InChI is InChI=1S/C15H28N2O/c1-4-6-10-17(14(3)5-2)11-9-16-13-15-8-7-12-18-15/h7-8,12,14,16H,4-6,9-11,13H2,1-3H3. The zero-order valence-corrected chi connectivity index (χ0v) is 12.1. The maximum absolute atomic E-state index is 5.30. The van der Waals surface area contributed by atoms with Crippen molar-refractivity contribution in [2.45, 2.75) is 52.6 Å². The van der Waals surface area contributed by atoms with Crippen LogP contribution in [0, 0.1) is 0 Å². The van der Waals surface area contributed by atoms with Gasteiger partial charge in [-0.1, -0.05) is 20.3 Å². The number of unbranched alkanes of at least 4 members (excludes halogenated alkanes) is 1. The first kappa shape index (κ1) is 15.3. The van der Waals surface area contributed by atoms with E-state index < -0.39 is 0 Å². The van der Waals surface area contributed by atoms with Crippen molar-refractivity contribution in [2.75, 3.05) is 19.6 Å². The van der Waals surface area contributed by atoms with E-state index >= 15 is 0 Å². The van der Waals surface area contributed by atoms with Crippen LogP contribution < -0.4 is 5.32 Å². The predicted molar refractivity (Wildman–Crippen MR) is 76.6 cm³/mol. The van der Waals surface area contributed by atoms with Gasteiger partial charge in [0.2, 0.25) is 0 Å². The molecule has 1 N–H and O–H groups in total. The Labute approximate surface area is 112 Å². The third-order valence-corrected chi connectivity index (χ3v) is 3.47. The minimum atomic E-state index is 0.682. The highest BCUT2D eigenvalue weighted by Crippen LogP contribution is 2.05. The maximum Gasteiger partial charge on any atom is 0.117 e. The zero-order valence-electron chi connectivity index (χ0n) is 12.1. The molecule has 0 aliphatic rings. The number of hydrogen-bond donors (Lipinski definition) is 1. The van der Waals surface area contributed by atoms with Gasteiger partial charge in [0.1, 0.15) is 5.76 Å². The van der Waals surface area contributed by atoms with Gasteiger partial charge in [-0.05, 0) is 38.4 Å². The summed E-state index contributed by atoms with van der Waals surface area (Å²) in [4.78, 5) is 2.58. The fraction of sp³-hybridized carbons (Fsp3) is 0.733. The number of hydrogen-bond acceptors (Lipinski definition) is 3. The number of rotatable bonds is 10. The van der Waals surface area contributed by atoms with Gasteiger partial charge in [0, 0.05) is 19.1 Å². The Balaban J connectivity index is 2.19. The molecule has 1 rings (SSSR count). The summed E-state index contributed by atoms with van der Waals surface area (Å²) in [5.41, 5.74) is 0. The van der Waals surface area contributed by atoms with Gasteiger partial charge in [-0.25, -0.2) is 0 Å². The number of nitrogens with zero attached hydrogens (tertiary/aromatic N) is 1. The molecular weight excluding hydrogens is 224 g/mol. The molecule has 0 aliphatic heterocycles. The topological polar surface area (TPSA) is 28.4 Å². The van der Waals surface area contributed by atoms with E-state index in [1.165, 1.54) is 25.8 Å². The molecule has 1 unspecified atom stereocenters. The molecule has 1 aromatic rings. The van der Waals surface area contributed by atoms with E-state index in [9.17, 15) is 0 Å². The molecule has 0 bridgehead atoms. The second kappa shape index (κ2) is 9.17. The Bertz CT molecular complexity index is 285. The average Bonchev–Trinajstić information content (AvgIpc) is 2.90. The largest absolute Gasteiger partial charge is 0.468 e. The first-order valence-electron chi connectivity index (χ1n) is 7.25. The molecule has 0 saturated carbocycles. The molecule has 104 valence electrons. The summed E-state index contributed by atoms with van der Waals surface area (Å²) in [5, 5.41) is 3.44. The van der Waals surface area contributed by atoms with Crippen LogP contribution in [0.3, 0.4) is 0 Å². The molecule has 0 saturated heterocycles. The van der Waals surface area contributed by atoms with Crippen LogP contribution >= 0.6 is 0 Å². The normalized spacial score (nSPS) is 13.1. The molecule has 3 heteroatoms. The van der Waals surface area contributed by atoms with Gasteiger partial charge in [-0.15, -0.1) is 0 Å². The van der Waals surface area contributed by atoms with Gasteiger partial charge in [-0.3, -0.25) is 4.90 Å². The molecule has 0 spiro atoms. The summed E-state index contributed by atoms with van der Waals surface area (Å²) in [5.74, 6) is 1.01. The lowest BCUT2D eigenvalue weighted by Gasteiger charge is -2.28. The first-order chi connectivity index (χ1) is 8.77. The van der Waals surface area contributed by atoms with Crippen molar-refractivity contribution in [3.05, 3.63) is 24.2 Å². The lowest BCUT2D eigenvalue weighted by molar-refractivity contribution is 0.201. The van der Waals surface area contributed by atoms with Crippen LogP contribution in [0.1, 0.15) is 45.8 Å². The smallest absolute Gasteiger partial charge is 0.117 e. The quantitative estimate of drug-likeness (QED) is 0.648. The van der Waals surface area contributed by atoms with Crippen molar-refractivity contribution in [1.29, 1.82) is 0 Å². The molecule has 1 aromatic heterocycles. The van der Waals surface area contributed by atoms with E-state index in [1.54, 1.807) is 6.26 Å². The molecule has 18 heavy (non-hydrogen) atoms. The van der Waals surface area contributed by atoms with E-state index in [4.69, 9.17) is 4.42 Å². The summed E-state index contributed by atoms with van der Waals surface area (Å²) in [6.45, 7) is 11.0. The molecule has 0 amide bonds. The minimum Gasteiger partial charge on any atom is -0.468 e. The Kier molecular flexibility index (Phi) is 7.78. The molecule has 0 radical (unpaired) electrons. The highest BCUT2D eigenvalue weighted by Gasteiger charge is 2.10. The second-order valence-electron chi connectivity index (χ2n) is 4.90. The lowest BCUT2D eigenvalue weighted by atomic mass is 10.2. The third-order valence-electron chi connectivity index (χ3n) is 3.47. The van der Waals surface area contributed by atoms with Gasteiger partial charge >= 0.3 is 0 Å². The van der Waals surface area contributed by atoms with Crippen molar-refractivity contribution in [2.24, 2.45) is 0 Å². The van der Waals surface area contributed by atoms with Gasteiger partial charge in [-0.2, -0.15) is 0 Å². The Morgan fingerprint density at radius 1 is 1.33 bits per heavy atom. The second-order valence-corrected chi connectivity index (χ2v) is 4.90. The van der Waals surface area contributed by atoms with E-state index in [1.807, 2.05) is 12.1 Å². The number of furan rings is 1. The maximum atomic E-state index is 5.30. The summed E-state index contributed by atoms with van der Waals surface area (Å²) < 4.78 is 5.30. The van der Waals surface area contributed by atoms with Crippen LogP contribution in [0.5, 0.6) is 0 Å². The van der Waals surface area contributed by atoms with E-state index in [0.29, 0.717) is 6.04 Å².